The molecule has 1 spiro atoms. The van der Waals surface area contributed by atoms with E-state index in [1.54, 1.807) is 49.4 Å². The Labute approximate surface area is 218 Å². The van der Waals surface area contributed by atoms with E-state index in [9.17, 15) is 19.2 Å². The normalized spacial score (nSPS) is 20.7. The fourth-order valence-corrected chi connectivity index (χ4v) is 5.44. The minimum absolute atomic E-state index is 0.000686. The molecule has 3 aliphatic rings. The Bertz CT molecular complexity index is 1430. The third kappa shape index (κ3) is 3.37. The van der Waals surface area contributed by atoms with Crippen LogP contribution >= 0.6 is 11.6 Å². The molecule has 3 heterocycles. The van der Waals surface area contributed by atoms with Crippen molar-refractivity contribution in [2.75, 3.05) is 23.4 Å². The molecule has 5 rings (SSSR count). The molecule has 2 aromatic carbocycles. The highest BCUT2D eigenvalue weighted by atomic mass is 35.5. The number of para-hydroxylation sites is 1. The van der Waals surface area contributed by atoms with Crippen molar-refractivity contribution in [3.63, 3.8) is 0 Å². The molecule has 0 saturated carbocycles. The summed E-state index contributed by atoms with van der Waals surface area (Å²) in [7, 11) is 0. The molecule has 1 atom stereocenters. The molecule has 0 saturated heterocycles. The van der Waals surface area contributed by atoms with Crippen LogP contribution in [-0.2, 0) is 29.3 Å². The Morgan fingerprint density at radius 1 is 1.11 bits per heavy atom. The lowest BCUT2D eigenvalue weighted by atomic mass is 9.66. The lowest BCUT2D eigenvalue weighted by Gasteiger charge is -2.39. The van der Waals surface area contributed by atoms with Crippen molar-refractivity contribution in [2.45, 2.75) is 26.2 Å². The van der Waals surface area contributed by atoms with Crippen LogP contribution in [0.15, 0.2) is 71.2 Å². The number of rotatable bonds is 5. The number of amides is 3. The van der Waals surface area contributed by atoms with Crippen molar-refractivity contribution in [1.82, 2.24) is 4.90 Å². The van der Waals surface area contributed by atoms with Gasteiger partial charge < -0.3 is 15.8 Å². The topological polar surface area (TPSA) is 122 Å². The number of esters is 1. The van der Waals surface area contributed by atoms with Crippen LogP contribution in [0.1, 0.15) is 26.3 Å². The van der Waals surface area contributed by atoms with Gasteiger partial charge in [0.1, 0.15) is 22.5 Å². The molecule has 0 fully saturated rings. The highest BCUT2D eigenvalue weighted by Crippen LogP contribution is 2.56. The van der Waals surface area contributed by atoms with Crippen molar-refractivity contribution >= 4 is 46.7 Å². The first-order valence-corrected chi connectivity index (χ1v) is 12.3. The summed E-state index contributed by atoms with van der Waals surface area (Å²) in [6, 6.07) is 13.3. The van der Waals surface area contributed by atoms with E-state index in [2.05, 4.69) is 5.32 Å². The third-order valence-electron chi connectivity index (χ3n) is 6.63. The Kier molecular flexibility index (Phi) is 5.83. The number of hydrogen-bond donors (Lipinski definition) is 2. The summed E-state index contributed by atoms with van der Waals surface area (Å²) < 4.78 is 5.37. The molecule has 3 N–H and O–H groups in total. The number of ether oxygens (including phenoxy) is 1. The molecular formula is C27H25ClN4O5. The maximum atomic E-state index is 14.1. The average Bonchev–Trinajstić information content (AvgIpc) is 3.26. The van der Waals surface area contributed by atoms with E-state index >= 15 is 0 Å². The van der Waals surface area contributed by atoms with E-state index < -0.39 is 29.1 Å². The number of nitrogens with one attached hydrogen (secondary N) is 1. The number of carbonyl (C=O) groups excluding carboxylic acids is 4. The second-order valence-electron chi connectivity index (χ2n) is 9.38. The lowest BCUT2D eigenvalue weighted by molar-refractivity contribution is -0.140. The maximum absolute atomic E-state index is 14.1. The van der Waals surface area contributed by atoms with Crippen LogP contribution in [0.3, 0.4) is 0 Å². The van der Waals surface area contributed by atoms with Gasteiger partial charge in [0.05, 0.1) is 12.2 Å². The summed E-state index contributed by atoms with van der Waals surface area (Å²) in [5, 5.41) is 3.04. The van der Waals surface area contributed by atoms with Gasteiger partial charge in [0.25, 0.3) is 11.8 Å². The molecule has 0 unspecified atom stereocenters. The zero-order valence-electron chi connectivity index (χ0n) is 20.5. The fourth-order valence-electron chi connectivity index (χ4n) is 5.27. The van der Waals surface area contributed by atoms with Gasteiger partial charge in [-0.1, -0.05) is 43.6 Å². The molecule has 2 aromatic rings. The molecule has 3 aliphatic heterocycles. The van der Waals surface area contributed by atoms with Crippen LogP contribution in [0.25, 0.3) is 0 Å². The molecule has 0 aliphatic carbocycles. The van der Waals surface area contributed by atoms with Crippen molar-refractivity contribution in [3.05, 3.63) is 81.8 Å². The number of nitrogens with two attached hydrogens (primary N) is 1. The van der Waals surface area contributed by atoms with E-state index in [0.717, 1.165) is 4.90 Å². The number of benzene rings is 2. The Balaban J connectivity index is 1.91. The van der Waals surface area contributed by atoms with Crippen molar-refractivity contribution in [1.29, 1.82) is 0 Å². The van der Waals surface area contributed by atoms with Gasteiger partial charge in [0.2, 0.25) is 5.91 Å². The highest BCUT2D eigenvalue weighted by Gasteiger charge is 2.65. The van der Waals surface area contributed by atoms with Gasteiger partial charge in [-0.05, 0) is 43.2 Å². The fraction of sp³-hybridized carbons (Fsp3) is 0.259. The summed E-state index contributed by atoms with van der Waals surface area (Å²) in [6.45, 7) is 5.48. The molecule has 10 heteroatoms. The number of imide groups is 1. The first kappa shape index (κ1) is 24.6. The maximum Gasteiger partial charge on any atom is 0.339 e. The van der Waals surface area contributed by atoms with Crippen LogP contribution in [0, 0.1) is 5.92 Å². The molecule has 0 bridgehead atoms. The van der Waals surface area contributed by atoms with Gasteiger partial charge in [-0.15, -0.1) is 0 Å². The molecule has 37 heavy (non-hydrogen) atoms. The second kappa shape index (κ2) is 8.77. The Hall–Kier alpha value is -4.11. The van der Waals surface area contributed by atoms with E-state index in [1.807, 2.05) is 13.8 Å². The lowest BCUT2D eigenvalue weighted by Crippen LogP contribution is -2.51. The number of carbonyl (C=O) groups is 4. The SMILES string of the molecule is CCOC(=O)C1=C(N)N(c2ccccc2)C2=C(C(=O)N(CC(C)C)C2=O)[C@]12C(=O)Nc1ccc(Cl)cc12. The van der Waals surface area contributed by atoms with Crippen LogP contribution in [0.5, 0.6) is 0 Å². The Morgan fingerprint density at radius 3 is 2.46 bits per heavy atom. The Morgan fingerprint density at radius 2 is 1.81 bits per heavy atom. The summed E-state index contributed by atoms with van der Waals surface area (Å²) in [4.78, 5) is 58.0. The van der Waals surface area contributed by atoms with Crippen LogP contribution in [0.2, 0.25) is 5.02 Å². The summed E-state index contributed by atoms with van der Waals surface area (Å²) in [5.41, 5.74) is 5.22. The zero-order valence-corrected chi connectivity index (χ0v) is 21.3. The van der Waals surface area contributed by atoms with Crippen LogP contribution < -0.4 is 16.0 Å². The van der Waals surface area contributed by atoms with Crippen molar-refractivity contribution in [2.24, 2.45) is 11.7 Å². The largest absolute Gasteiger partial charge is 0.462 e. The minimum Gasteiger partial charge on any atom is -0.462 e. The average molecular weight is 521 g/mol. The highest BCUT2D eigenvalue weighted by molar-refractivity contribution is 6.33. The van der Waals surface area contributed by atoms with Gasteiger partial charge in [-0.2, -0.15) is 0 Å². The van der Waals surface area contributed by atoms with Crippen molar-refractivity contribution in [3.8, 4) is 0 Å². The van der Waals surface area contributed by atoms with Crippen molar-refractivity contribution < 1.29 is 23.9 Å². The molecule has 0 radical (unpaired) electrons. The first-order chi connectivity index (χ1) is 17.6. The molecule has 190 valence electrons. The van der Waals surface area contributed by atoms with E-state index in [4.69, 9.17) is 22.1 Å². The molecular weight excluding hydrogens is 496 g/mol. The predicted molar refractivity (Wildman–Crippen MR) is 137 cm³/mol. The second-order valence-corrected chi connectivity index (χ2v) is 9.82. The van der Waals surface area contributed by atoms with Gasteiger partial charge in [-0.3, -0.25) is 24.2 Å². The van der Waals surface area contributed by atoms with Gasteiger partial charge >= 0.3 is 5.97 Å². The number of anilines is 2. The van der Waals surface area contributed by atoms with Crippen LogP contribution in [-0.4, -0.2) is 41.7 Å². The smallest absolute Gasteiger partial charge is 0.339 e. The minimum atomic E-state index is -2.03. The van der Waals surface area contributed by atoms with E-state index in [0.29, 0.717) is 11.4 Å². The van der Waals surface area contributed by atoms with Crippen LogP contribution in [0.4, 0.5) is 11.4 Å². The van der Waals surface area contributed by atoms with E-state index in [1.165, 1.54) is 11.0 Å². The third-order valence-corrected chi connectivity index (χ3v) is 6.87. The summed E-state index contributed by atoms with van der Waals surface area (Å²) in [5.74, 6) is -3.08. The number of nitrogens with zero attached hydrogens (tertiary/aromatic N) is 2. The summed E-state index contributed by atoms with van der Waals surface area (Å²) >= 11 is 6.34. The number of halogens is 1. The van der Waals surface area contributed by atoms with Gasteiger partial charge in [0, 0.05) is 28.5 Å². The van der Waals surface area contributed by atoms with Gasteiger partial charge in [-0.25, -0.2) is 4.79 Å². The molecule has 9 nitrogen and oxygen atoms in total. The predicted octanol–water partition coefficient (Wildman–Crippen LogP) is 3.06. The monoisotopic (exact) mass is 520 g/mol. The quantitative estimate of drug-likeness (QED) is 0.459. The number of hydrogen-bond acceptors (Lipinski definition) is 7. The first-order valence-electron chi connectivity index (χ1n) is 11.9. The van der Waals surface area contributed by atoms with Gasteiger partial charge in [0.15, 0.2) is 0 Å². The number of fused-ring (bicyclic) bond motifs is 3. The van der Waals surface area contributed by atoms with E-state index in [-0.39, 0.29) is 52.3 Å². The molecule has 0 aromatic heterocycles. The zero-order chi connectivity index (χ0) is 26.6. The standard InChI is InChI=1S/C27H25ClN4O5/c1-4-37-25(35)20-22(29)32(16-8-6-5-7-9-16)21-19(23(33)31(24(21)34)13-14(2)3)27(20)17-12-15(28)10-11-18(17)30-26(27)36/h5-12,14H,4,13,29H2,1-3H3,(H,30,36)/t27-/m0/s1. The molecule has 3 amide bonds. The summed E-state index contributed by atoms with van der Waals surface area (Å²) in [6.07, 6.45) is 0.